The summed E-state index contributed by atoms with van der Waals surface area (Å²) < 4.78 is 0. The van der Waals surface area contributed by atoms with Gasteiger partial charge in [-0.15, -0.1) is 0 Å². The molecule has 2 aromatic carbocycles. The summed E-state index contributed by atoms with van der Waals surface area (Å²) in [5.74, 6) is -2.55. The Morgan fingerprint density at radius 3 is 2.21 bits per heavy atom. The van der Waals surface area contributed by atoms with Gasteiger partial charge in [-0.25, -0.2) is 4.90 Å². The Bertz CT molecular complexity index is 800. The van der Waals surface area contributed by atoms with Crippen LogP contribution in [0.25, 0.3) is 0 Å². The number of anilines is 4. The van der Waals surface area contributed by atoms with Crippen LogP contribution in [-0.4, -0.2) is 17.7 Å². The maximum atomic E-state index is 12.4. The fourth-order valence-electron chi connectivity index (χ4n) is 2.12. The van der Waals surface area contributed by atoms with Crippen molar-refractivity contribution >= 4 is 40.5 Å². The van der Waals surface area contributed by atoms with Gasteiger partial charge in [0.05, 0.1) is 17.1 Å². The Morgan fingerprint density at radius 2 is 1.62 bits per heavy atom. The van der Waals surface area contributed by atoms with Crippen LogP contribution in [0.15, 0.2) is 42.5 Å². The van der Waals surface area contributed by atoms with Crippen LogP contribution in [0.5, 0.6) is 0 Å². The third-order valence-electron chi connectivity index (χ3n) is 3.32. The standard InChI is InChI=1S/C17H18N4O3/c1-10-3-8-14(19)15(9-10)20-16(23)17(24)21(11(2)22)13-6-4-12(18)5-7-13/h3-9H,18-19H2,1-2H3,(H,20,23). The minimum Gasteiger partial charge on any atom is -0.399 e. The number of benzene rings is 2. The molecule has 0 aliphatic heterocycles. The second-order valence-corrected chi connectivity index (χ2v) is 5.30. The third-order valence-corrected chi connectivity index (χ3v) is 3.32. The zero-order chi connectivity index (χ0) is 17.9. The van der Waals surface area contributed by atoms with Crippen molar-refractivity contribution in [1.29, 1.82) is 0 Å². The van der Waals surface area contributed by atoms with E-state index in [1.165, 1.54) is 31.2 Å². The zero-order valence-electron chi connectivity index (χ0n) is 13.4. The van der Waals surface area contributed by atoms with Gasteiger partial charge < -0.3 is 16.8 Å². The second kappa shape index (κ2) is 6.82. The number of nitrogens with zero attached hydrogens (tertiary/aromatic N) is 1. The van der Waals surface area contributed by atoms with Crippen molar-refractivity contribution in [3.63, 3.8) is 0 Å². The van der Waals surface area contributed by atoms with Crippen LogP contribution in [0.2, 0.25) is 0 Å². The number of aryl methyl sites for hydroxylation is 1. The van der Waals surface area contributed by atoms with Crippen molar-refractivity contribution in [3.8, 4) is 0 Å². The van der Waals surface area contributed by atoms with E-state index < -0.39 is 17.7 Å². The lowest BCUT2D eigenvalue weighted by Gasteiger charge is -2.19. The van der Waals surface area contributed by atoms with Crippen LogP contribution in [0.1, 0.15) is 12.5 Å². The molecule has 0 radical (unpaired) electrons. The first kappa shape index (κ1) is 17.0. The van der Waals surface area contributed by atoms with E-state index in [1.807, 2.05) is 6.92 Å². The topological polar surface area (TPSA) is 119 Å². The van der Waals surface area contributed by atoms with Crippen LogP contribution in [-0.2, 0) is 14.4 Å². The first-order valence-electron chi connectivity index (χ1n) is 7.17. The van der Waals surface area contributed by atoms with Crippen LogP contribution in [0.4, 0.5) is 22.7 Å². The van der Waals surface area contributed by atoms with Crippen molar-refractivity contribution < 1.29 is 14.4 Å². The Kier molecular flexibility index (Phi) is 4.84. The monoisotopic (exact) mass is 326 g/mol. The van der Waals surface area contributed by atoms with Crippen LogP contribution in [0, 0.1) is 6.92 Å². The molecule has 0 heterocycles. The lowest BCUT2D eigenvalue weighted by Crippen LogP contribution is -2.42. The van der Waals surface area contributed by atoms with Crippen LogP contribution >= 0.6 is 0 Å². The number of nitrogens with one attached hydrogen (secondary N) is 1. The van der Waals surface area contributed by atoms with Crippen molar-refractivity contribution in [3.05, 3.63) is 48.0 Å². The van der Waals surface area contributed by atoms with E-state index in [2.05, 4.69) is 5.32 Å². The highest BCUT2D eigenvalue weighted by atomic mass is 16.2. The average Bonchev–Trinajstić information content (AvgIpc) is 2.52. The quantitative estimate of drug-likeness (QED) is 0.573. The zero-order valence-corrected chi connectivity index (χ0v) is 13.4. The SMILES string of the molecule is CC(=O)N(C(=O)C(=O)Nc1cc(C)ccc1N)c1ccc(N)cc1. The summed E-state index contributed by atoms with van der Waals surface area (Å²) in [7, 11) is 0. The maximum absolute atomic E-state index is 12.4. The van der Waals surface area contributed by atoms with Crippen LogP contribution in [0.3, 0.4) is 0 Å². The summed E-state index contributed by atoms with van der Waals surface area (Å²) in [6.07, 6.45) is 0. The third kappa shape index (κ3) is 3.70. The van der Waals surface area contributed by atoms with Crippen molar-refractivity contribution in [1.82, 2.24) is 0 Å². The fraction of sp³-hybridized carbons (Fsp3) is 0.118. The van der Waals surface area contributed by atoms with E-state index in [1.54, 1.807) is 18.2 Å². The van der Waals surface area contributed by atoms with Gasteiger partial charge in [-0.2, -0.15) is 0 Å². The number of imide groups is 1. The Hall–Kier alpha value is -3.35. The van der Waals surface area contributed by atoms with E-state index in [0.717, 1.165) is 10.5 Å². The van der Waals surface area contributed by atoms with Crippen LogP contribution < -0.4 is 21.7 Å². The Morgan fingerprint density at radius 1 is 1.00 bits per heavy atom. The molecule has 7 nitrogen and oxygen atoms in total. The first-order valence-corrected chi connectivity index (χ1v) is 7.17. The highest BCUT2D eigenvalue weighted by Crippen LogP contribution is 2.21. The number of hydrogen-bond acceptors (Lipinski definition) is 5. The predicted molar refractivity (Wildman–Crippen MR) is 93.2 cm³/mol. The summed E-state index contributed by atoms with van der Waals surface area (Å²) in [5, 5.41) is 2.44. The molecule has 0 aliphatic carbocycles. The Labute approximate surface area is 139 Å². The molecule has 2 aromatic rings. The smallest absolute Gasteiger partial charge is 0.323 e. The number of hydrogen-bond donors (Lipinski definition) is 3. The second-order valence-electron chi connectivity index (χ2n) is 5.30. The number of carbonyl (C=O) groups excluding carboxylic acids is 3. The van der Waals surface area contributed by atoms with E-state index in [4.69, 9.17) is 11.5 Å². The van der Waals surface area contributed by atoms with E-state index >= 15 is 0 Å². The molecule has 0 aliphatic rings. The molecule has 124 valence electrons. The summed E-state index contributed by atoms with van der Waals surface area (Å²) in [5.41, 5.74) is 13.6. The predicted octanol–water partition coefficient (Wildman–Crippen LogP) is 1.68. The molecule has 0 spiro atoms. The molecule has 0 fully saturated rings. The molecule has 0 saturated heterocycles. The largest absolute Gasteiger partial charge is 0.399 e. The van der Waals surface area contributed by atoms with Gasteiger partial charge >= 0.3 is 11.8 Å². The Balaban J connectivity index is 2.26. The van der Waals surface area contributed by atoms with Gasteiger partial charge in [-0.3, -0.25) is 14.4 Å². The van der Waals surface area contributed by atoms with Gasteiger partial charge in [-0.1, -0.05) is 6.07 Å². The molecule has 0 aromatic heterocycles. The number of amides is 3. The molecular formula is C17H18N4O3. The van der Waals surface area contributed by atoms with Crippen molar-refractivity contribution in [2.45, 2.75) is 13.8 Å². The molecule has 5 N–H and O–H groups in total. The average molecular weight is 326 g/mol. The first-order chi connectivity index (χ1) is 11.3. The number of nitrogens with two attached hydrogens (primary N) is 2. The lowest BCUT2D eigenvalue weighted by atomic mass is 10.2. The summed E-state index contributed by atoms with van der Waals surface area (Å²) in [6, 6.07) is 11.1. The molecule has 0 bridgehead atoms. The van der Waals surface area contributed by atoms with E-state index in [0.29, 0.717) is 17.1 Å². The summed E-state index contributed by atoms with van der Waals surface area (Å²) >= 11 is 0. The van der Waals surface area contributed by atoms with Gasteiger partial charge in [0, 0.05) is 12.6 Å². The highest BCUT2D eigenvalue weighted by molar-refractivity contribution is 6.48. The lowest BCUT2D eigenvalue weighted by molar-refractivity contribution is -0.136. The van der Waals surface area contributed by atoms with Gasteiger partial charge in [-0.05, 0) is 48.9 Å². The molecule has 0 unspecified atom stereocenters. The minimum absolute atomic E-state index is 0.258. The normalized spacial score (nSPS) is 10.1. The van der Waals surface area contributed by atoms with Gasteiger partial charge in [0.15, 0.2) is 0 Å². The molecule has 0 saturated carbocycles. The number of rotatable bonds is 2. The van der Waals surface area contributed by atoms with E-state index in [-0.39, 0.29) is 5.69 Å². The van der Waals surface area contributed by atoms with E-state index in [9.17, 15) is 14.4 Å². The molecule has 2 rings (SSSR count). The van der Waals surface area contributed by atoms with Crippen molar-refractivity contribution in [2.75, 3.05) is 21.7 Å². The number of carbonyl (C=O) groups is 3. The molecule has 0 atom stereocenters. The molecule has 24 heavy (non-hydrogen) atoms. The van der Waals surface area contributed by atoms with Gasteiger partial charge in [0.25, 0.3) is 0 Å². The minimum atomic E-state index is -1.01. The van der Waals surface area contributed by atoms with Gasteiger partial charge in [0.1, 0.15) is 0 Å². The molecule has 3 amide bonds. The number of nitrogen functional groups attached to an aromatic ring is 2. The molecule has 7 heteroatoms. The fourth-order valence-corrected chi connectivity index (χ4v) is 2.12. The summed E-state index contributed by atoms with van der Waals surface area (Å²) in [4.78, 5) is 37.2. The highest BCUT2D eigenvalue weighted by Gasteiger charge is 2.27. The van der Waals surface area contributed by atoms with Crippen molar-refractivity contribution in [2.24, 2.45) is 0 Å². The van der Waals surface area contributed by atoms with Gasteiger partial charge in [0.2, 0.25) is 5.91 Å². The summed E-state index contributed by atoms with van der Waals surface area (Å²) in [6.45, 7) is 3.02. The molecular weight excluding hydrogens is 308 g/mol. The maximum Gasteiger partial charge on any atom is 0.323 e.